The molecular weight excluding hydrogens is 250 g/mol. The van der Waals surface area contributed by atoms with Crippen LogP contribution in [0.4, 0.5) is 5.82 Å². The van der Waals surface area contributed by atoms with Gasteiger partial charge in [-0.25, -0.2) is 9.97 Å². The first-order chi connectivity index (χ1) is 8.56. The first-order valence-corrected chi connectivity index (χ1v) is 5.94. The van der Waals surface area contributed by atoms with Gasteiger partial charge >= 0.3 is 0 Å². The minimum atomic E-state index is 0.351. The fraction of sp³-hybridized carbons (Fsp3) is 0.231. The van der Waals surface area contributed by atoms with Gasteiger partial charge in [-0.05, 0) is 30.5 Å². The van der Waals surface area contributed by atoms with Gasteiger partial charge in [0.05, 0.1) is 0 Å². The van der Waals surface area contributed by atoms with Gasteiger partial charge in [-0.1, -0.05) is 23.7 Å². The molecule has 0 bridgehead atoms. The van der Waals surface area contributed by atoms with E-state index in [1.165, 1.54) is 6.33 Å². The fourth-order valence-electron chi connectivity index (χ4n) is 1.77. The van der Waals surface area contributed by atoms with E-state index in [0.29, 0.717) is 23.3 Å². The smallest absolute Gasteiger partial charge is 0.134 e. The Morgan fingerprint density at radius 1 is 1.17 bits per heavy atom. The lowest BCUT2D eigenvalue weighted by atomic mass is 10.1. The zero-order valence-electron chi connectivity index (χ0n) is 10.2. The number of phenols is 1. The minimum absolute atomic E-state index is 0.351. The van der Waals surface area contributed by atoms with Crippen LogP contribution in [0.25, 0.3) is 0 Å². The highest BCUT2D eigenvalue weighted by Gasteiger charge is 2.03. The van der Waals surface area contributed by atoms with Crippen LogP contribution in [-0.2, 0) is 6.54 Å². The first-order valence-electron chi connectivity index (χ1n) is 5.57. The predicted octanol–water partition coefficient (Wildman–Crippen LogP) is 3.06. The molecule has 4 nitrogen and oxygen atoms in total. The number of nitrogens with zero attached hydrogens (tertiary/aromatic N) is 2. The lowest BCUT2D eigenvalue weighted by Crippen LogP contribution is -2.02. The van der Waals surface area contributed by atoms with Crippen LogP contribution in [0.2, 0.25) is 5.15 Å². The number of hydrogen-bond donors (Lipinski definition) is 2. The fourth-order valence-corrected chi connectivity index (χ4v) is 1.92. The van der Waals surface area contributed by atoms with Crippen molar-refractivity contribution in [2.45, 2.75) is 20.4 Å². The monoisotopic (exact) mass is 263 g/mol. The third-order valence-corrected chi connectivity index (χ3v) is 2.86. The molecule has 94 valence electrons. The van der Waals surface area contributed by atoms with E-state index >= 15 is 0 Å². The molecule has 2 aromatic rings. The number of hydrogen-bond acceptors (Lipinski definition) is 4. The lowest BCUT2D eigenvalue weighted by Gasteiger charge is -2.09. The Labute approximate surface area is 111 Å². The Morgan fingerprint density at radius 2 is 1.83 bits per heavy atom. The normalized spacial score (nSPS) is 10.4. The third-order valence-electron chi connectivity index (χ3n) is 2.66. The number of benzene rings is 1. The Morgan fingerprint density at radius 3 is 2.44 bits per heavy atom. The van der Waals surface area contributed by atoms with Gasteiger partial charge in [-0.15, -0.1) is 0 Å². The van der Waals surface area contributed by atoms with Crippen LogP contribution >= 0.6 is 11.6 Å². The SMILES string of the molecule is Cc1cc(CNc2cc(Cl)ncn2)cc(C)c1O. The molecule has 0 aliphatic rings. The molecule has 5 heteroatoms. The molecule has 2 rings (SSSR count). The van der Waals surface area contributed by atoms with Crippen LogP contribution in [0.1, 0.15) is 16.7 Å². The van der Waals surface area contributed by atoms with Crippen LogP contribution in [0.15, 0.2) is 24.5 Å². The van der Waals surface area contributed by atoms with Gasteiger partial charge in [0.1, 0.15) is 23.0 Å². The molecule has 0 saturated heterocycles. The molecule has 2 N–H and O–H groups in total. The van der Waals surface area contributed by atoms with Gasteiger partial charge in [0, 0.05) is 12.6 Å². The van der Waals surface area contributed by atoms with E-state index in [0.717, 1.165) is 16.7 Å². The summed E-state index contributed by atoms with van der Waals surface area (Å²) < 4.78 is 0. The summed E-state index contributed by atoms with van der Waals surface area (Å²) in [5.74, 6) is 1.03. The second kappa shape index (κ2) is 5.23. The number of anilines is 1. The third kappa shape index (κ3) is 2.90. The average Bonchev–Trinajstić information content (AvgIpc) is 2.33. The largest absolute Gasteiger partial charge is 0.507 e. The molecule has 1 heterocycles. The second-order valence-corrected chi connectivity index (χ2v) is 4.54. The molecule has 0 aliphatic heterocycles. The van der Waals surface area contributed by atoms with Crippen molar-refractivity contribution in [3.8, 4) is 5.75 Å². The number of nitrogens with one attached hydrogen (secondary N) is 1. The maximum Gasteiger partial charge on any atom is 0.134 e. The Bertz CT molecular complexity index is 549. The van der Waals surface area contributed by atoms with Gasteiger partial charge in [0.15, 0.2) is 0 Å². The molecule has 1 aromatic carbocycles. The van der Waals surface area contributed by atoms with E-state index < -0.39 is 0 Å². The summed E-state index contributed by atoms with van der Waals surface area (Å²) in [5.41, 5.74) is 2.82. The number of rotatable bonds is 3. The standard InChI is InChI=1S/C13H14ClN3O/c1-8-3-10(4-9(2)13(8)18)6-15-12-5-11(14)16-7-17-12/h3-5,7,18H,6H2,1-2H3,(H,15,16,17). The van der Waals surface area contributed by atoms with Gasteiger partial charge in [-0.2, -0.15) is 0 Å². The van der Waals surface area contributed by atoms with Crippen LogP contribution in [0.3, 0.4) is 0 Å². The molecule has 0 saturated carbocycles. The summed E-state index contributed by atoms with van der Waals surface area (Å²) >= 11 is 5.77. The molecule has 0 spiro atoms. The molecule has 0 fully saturated rings. The van der Waals surface area contributed by atoms with Crippen molar-refractivity contribution in [1.29, 1.82) is 0 Å². The molecule has 0 radical (unpaired) electrons. The van der Waals surface area contributed by atoms with E-state index in [-0.39, 0.29) is 0 Å². The first kappa shape index (κ1) is 12.6. The van der Waals surface area contributed by atoms with Crippen molar-refractivity contribution in [3.63, 3.8) is 0 Å². The number of aromatic nitrogens is 2. The summed E-state index contributed by atoms with van der Waals surface area (Å²) in [6, 6.07) is 5.55. The predicted molar refractivity (Wildman–Crippen MR) is 71.9 cm³/mol. The van der Waals surface area contributed by atoms with Crippen LogP contribution < -0.4 is 5.32 Å². The van der Waals surface area contributed by atoms with Crippen LogP contribution in [0.5, 0.6) is 5.75 Å². The zero-order valence-corrected chi connectivity index (χ0v) is 11.0. The molecular formula is C13H14ClN3O. The van der Waals surface area contributed by atoms with E-state index in [2.05, 4.69) is 15.3 Å². The second-order valence-electron chi connectivity index (χ2n) is 4.16. The van der Waals surface area contributed by atoms with Crippen LogP contribution in [0, 0.1) is 13.8 Å². The molecule has 0 atom stereocenters. The van der Waals surface area contributed by atoms with E-state index in [1.54, 1.807) is 6.07 Å². The van der Waals surface area contributed by atoms with E-state index in [1.807, 2.05) is 26.0 Å². The number of phenolic OH excluding ortho intramolecular Hbond substituents is 1. The molecule has 18 heavy (non-hydrogen) atoms. The summed E-state index contributed by atoms with van der Waals surface area (Å²) in [4.78, 5) is 7.88. The van der Waals surface area contributed by atoms with Gasteiger partial charge < -0.3 is 10.4 Å². The topological polar surface area (TPSA) is 58.0 Å². The zero-order chi connectivity index (χ0) is 13.1. The maximum absolute atomic E-state index is 9.69. The lowest BCUT2D eigenvalue weighted by molar-refractivity contribution is 0.466. The Hall–Kier alpha value is -1.81. The quantitative estimate of drug-likeness (QED) is 0.836. The molecule has 1 aromatic heterocycles. The summed E-state index contributed by atoms with van der Waals surface area (Å²) in [7, 11) is 0. The minimum Gasteiger partial charge on any atom is -0.507 e. The van der Waals surface area contributed by atoms with Crippen molar-refractivity contribution in [2.24, 2.45) is 0 Å². The summed E-state index contributed by atoms with van der Waals surface area (Å²) in [6.45, 7) is 4.38. The van der Waals surface area contributed by atoms with Crippen molar-refractivity contribution in [2.75, 3.05) is 5.32 Å². The van der Waals surface area contributed by atoms with Crippen LogP contribution in [-0.4, -0.2) is 15.1 Å². The summed E-state index contributed by atoms with van der Waals surface area (Å²) in [5, 5.41) is 13.3. The molecule has 0 unspecified atom stereocenters. The Balaban J connectivity index is 2.11. The highest BCUT2D eigenvalue weighted by Crippen LogP contribution is 2.23. The van der Waals surface area contributed by atoms with Gasteiger partial charge in [0.25, 0.3) is 0 Å². The highest BCUT2D eigenvalue weighted by atomic mass is 35.5. The average molecular weight is 264 g/mol. The number of aromatic hydroxyl groups is 1. The van der Waals surface area contributed by atoms with E-state index in [4.69, 9.17) is 11.6 Å². The van der Waals surface area contributed by atoms with Crippen molar-refractivity contribution in [3.05, 3.63) is 46.4 Å². The maximum atomic E-state index is 9.69. The summed E-state index contributed by atoms with van der Waals surface area (Å²) in [6.07, 6.45) is 1.41. The number of halogens is 1. The number of aryl methyl sites for hydroxylation is 2. The van der Waals surface area contributed by atoms with Crippen molar-refractivity contribution in [1.82, 2.24) is 9.97 Å². The van der Waals surface area contributed by atoms with Gasteiger partial charge in [-0.3, -0.25) is 0 Å². The van der Waals surface area contributed by atoms with Crippen molar-refractivity contribution >= 4 is 17.4 Å². The molecule has 0 aliphatic carbocycles. The Kier molecular flexibility index (Phi) is 3.67. The highest BCUT2D eigenvalue weighted by molar-refractivity contribution is 6.29. The van der Waals surface area contributed by atoms with Gasteiger partial charge in [0.2, 0.25) is 0 Å². The van der Waals surface area contributed by atoms with E-state index in [9.17, 15) is 5.11 Å². The van der Waals surface area contributed by atoms with Crippen molar-refractivity contribution < 1.29 is 5.11 Å². The molecule has 0 amide bonds.